The third kappa shape index (κ3) is 21.2. The quantitative estimate of drug-likeness (QED) is 0.333. The molecule has 0 aliphatic heterocycles. The van der Waals surface area contributed by atoms with Crippen LogP contribution >= 0.6 is 0 Å². The Hall–Kier alpha value is -0.750. The second-order valence-electron chi connectivity index (χ2n) is 6.11. The lowest BCUT2D eigenvalue weighted by Gasteiger charge is -2.19. The molecule has 4 N–H and O–H groups in total. The van der Waals surface area contributed by atoms with E-state index in [1.807, 2.05) is 33.8 Å². The number of rotatable bonds is 11. The lowest BCUT2D eigenvalue weighted by molar-refractivity contribution is -0.128. The first kappa shape index (κ1) is 29.0. The molecule has 0 saturated carbocycles. The van der Waals surface area contributed by atoms with Crippen LogP contribution in [0.15, 0.2) is 12.2 Å². The molecule has 0 saturated heterocycles. The molecule has 0 rings (SSSR count). The van der Waals surface area contributed by atoms with Crippen LogP contribution in [0.4, 0.5) is 0 Å². The summed E-state index contributed by atoms with van der Waals surface area (Å²) >= 11 is 0. The maximum Gasteiger partial charge on any atom is 0.153 e. The molecule has 0 aromatic carbocycles. The number of hydrogen-bond donors (Lipinski definition) is 4. The van der Waals surface area contributed by atoms with E-state index in [0.717, 1.165) is 12.8 Å². The fourth-order valence-corrected chi connectivity index (χ4v) is 2.18. The molecule has 25 heavy (non-hydrogen) atoms. The molecule has 5 heteroatoms. The molecule has 0 aliphatic carbocycles. The van der Waals surface area contributed by atoms with Gasteiger partial charge in [0, 0.05) is 18.8 Å². The van der Waals surface area contributed by atoms with Gasteiger partial charge in [-0.05, 0) is 32.1 Å². The Kier molecular flexibility index (Phi) is 24.7. The van der Waals surface area contributed by atoms with Crippen LogP contribution in [0, 0.1) is 11.8 Å². The van der Waals surface area contributed by atoms with Gasteiger partial charge >= 0.3 is 0 Å². The van der Waals surface area contributed by atoms with Gasteiger partial charge in [-0.1, -0.05) is 53.2 Å². The first-order valence-electron chi connectivity index (χ1n) is 9.61. The Morgan fingerprint density at radius 2 is 1.60 bits per heavy atom. The van der Waals surface area contributed by atoms with E-state index in [1.54, 1.807) is 0 Å². The third-order valence-corrected chi connectivity index (χ3v) is 3.34. The van der Waals surface area contributed by atoms with E-state index >= 15 is 0 Å². The van der Waals surface area contributed by atoms with Crippen molar-refractivity contribution in [2.45, 2.75) is 92.5 Å². The van der Waals surface area contributed by atoms with Crippen LogP contribution < -0.4 is 0 Å². The van der Waals surface area contributed by atoms with Crippen LogP contribution in [0.1, 0.15) is 80.1 Å². The highest BCUT2D eigenvalue weighted by atomic mass is 16.5. The predicted octanol–water partition coefficient (Wildman–Crippen LogP) is 3.44. The van der Waals surface area contributed by atoms with Crippen LogP contribution in [0.3, 0.4) is 0 Å². The standard InChI is InChI=1S/C15H28O5.C3H8.C2H6/c1-3-4-5-6-11(2)7-12(10-16)14(18)8-13(17)9-15(19)20;1-3-2;1-2/h3-4,11-13,15-17,19-20H,5-10H2,1-2H3;3H2,1-2H3;1-2H3/b4-3-;;. The number of hydrogen-bond acceptors (Lipinski definition) is 5. The molecule has 0 spiro atoms. The number of aliphatic hydroxyl groups excluding tert-OH is 3. The highest BCUT2D eigenvalue weighted by molar-refractivity contribution is 5.81. The Bertz CT molecular complexity index is 302. The number of carbonyl (C=O) groups is 1. The zero-order valence-corrected chi connectivity index (χ0v) is 17.1. The minimum Gasteiger partial charge on any atom is -0.396 e. The summed E-state index contributed by atoms with van der Waals surface area (Å²) in [4.78, 5) is 11.9. The Balaban J connectivity index is -0.000000866. The summed E-state index contributed by atoms with van der Waals surface area (Å²) in [5.41, 5.74) is 0. The number of aliphatic hydroxyl groups is 4. The van der Waals surface area contributed by atoms with Gasteiger partial charge in [0.05, 0.1) is 12.7 Å². The highest BCUT2D eigenvalue weighted by Crippen LogP contribution is 2.20. The lowest BCUT2D eigenvalue weighted by Crippen LogP contribution is -2.27. The predicted molar refractivity (Wildman–Crippen MR) is 104 cm³/mol. The fraction of sp³-hybridized carbons (Fsp3) is 0.850. The topological polar surface area (TPSA) is 98.0 Å². The lowest BCUT2D eigenvalue weighted by atomic mass is 9.88. The number of carbonyl (C=O) groups excluding carboxylic acids is 1. The van der Waals surface area contributed by atoms with Gasteiger partial charge in [0.1, 0.15) is 5.78 Å². The molecule has 0 heterocycles. The van der Waals surface area contributed by atoms with Gasteiger partial charge in [-0.3, -0.25) is 4.79 Å². The van der Waals surface area contributed by atoms with Gasteiger partial charge in [-0.15, -0.1) is 0 Å². The summed E-state index contributed by atoms with van der Waals surface area (Å²) in [7, 11) is 0. The van der Waals surface area contributed by atoms with Crippen LogP contribution in [0.5, 0.6) is 0 Å². The Morgan fingerprint density at radius 3 is 2.00 bits per heavy atom. The maximum atomic E-state index is 11.9. The van der Waals surface area contributed by atoms with Gasteiger partial charge < -0.3 is 20.4 Å². The molecule has 3 atom stereocenters. The van der Waals surface area contributed by atoms with Gasteiger partial charge in [-0.2, -0.15) is 0 Å². The highest BCUT2D eigenvalue weighted by Gasteiger charge is 2.23. The van der Waals surface area contributed by atoms with E-state index in [-0.39, 0.29) is 25.2 Å². The maximum absolute atomic E-state index is 11.9. The van der Waals surface area contributed by atoms with Crippen molar-refractivity contribution >= 4 is 5.78 Å². The Morgan fingerprint density at radius 1 is 1.08 bits per heavy atom. The van der Waals surface area contributed by atoms with Crippen molar-refractivity contribution in [2.75, 3.05) is 6.61 Å². The van der Waals surface area contributed by atoms with Crippen LogP contribution in [-0.4, -0.2) is 45.2 Å². The SMILES string of the molecule is C/C=C\CCC(C)CC(CO)C(=O)CC(O)CC(O)O.CC.CCC. The Labute approximate surface area is 154 Å². The summed E-state index contributed by atoms with van der Waals surface area (Å²) < 4.78 is 0. The van der Waals surface area contributed by atoms with Crippen molar-refractivity contribution in [1.82, 2.24) is 0 Å². The second kappa shape index (κ2) is 21.3. The normalized spacial score (nSPS) is 14.2. The summed E-state index contributed by atoms with van der Waals surface area (Å²) in [5, 5.41) is 36.3. The van der Waals surface area contributed by atoms with Crippen LogP contribution in [0.25, 0.3) is 0 Å². The first-order valence-corrected chi connectivity index (χ1v) is 9.61. The molecule has 152 valence electrons. The van der Waals surface area contributed by atoms with Gasteiger partial charge in [0.2, 0.25) is 0 Å². The van der Waals surface area contributed by atoms with Crippen molar-refractivity contribution in [1.29, 1.82) is 0 Å². The molecule has 0 fully saturated rings. The van der Waals surface area contributed by atoms with Gasteiger partial charge in [0.25, 0.3) is 0 Å². The van der Waals surface area contributed by atoms with E-state index in [2.05, 4.69) is 19.9 Å². The smallest absolute Gasteiger partial charge is 0.153 e. The van der Waals surface area contributed by atoms with Crippen LogP contribution in [-0.2, 0) is 4.79 Å². The number of allylic oxidation sites excluding steroid dienone is 2. The van der Waals surface area contributed by atoms with E-state index < -0.39 is 18.3 Å². The molecular formula is C20H42O5. The van der Waals surface area contributed by atoms with E-state index in [4.69, 9.17) is 10.2 Å². The second-order valence-corrected chi connectivity index (χ2v) is 6.11. The summed E-state index contributed by atoms with van der Waals surface area (Å²) in [5.74, 6) is -0.396. The molecule has 0 aliphatic rings. The first-order chi connectivity index (χ1) is 11.8. The number of ketones is 1. The molecular weight excluding hydrogens is 320 g/mol. The van der Waals surface area contributed by atoms with Crippen molar-refractivity contribution in [3.63, 3.8) is 0 Å². The molecule has 0 aromatic heterocycles. The molecule has 3 unspecified atom stereocenters. The molecule has 0 amide bonds. The average molecular weight is 363 g/mol. The number of Topliss-reactive ketones (excluding diaryl/α,β-unsaturated/α-hetero) is 1. The fourth-order valence-electron chi connectivity index (χ4n) is 2.18. The van der Waals surface area contributed by atoms with Crippen molar-refractivity contribution in [2.24, 2.45) is 11.8 Å². The average Bonchev–Trinajstić information content (AvgIpc) is 2.54. The minimum absolute atomic E-state index is 0.148. The van der Waals surface area contributed by atoms with Gasteiger partial charge in [0.15, 0.2) is 6.29 Å². The van der Waals surface area contributed by atoms with E-state index in [1.165, 1.54) is 6.42 Å². The summed E-state index contributed by atoms with van der Waals surface area (Å²) in [6.45, 7) is 12.0. The van der Waals surface area contributed by atoms with Gasteiger partial charge in [-0.25, -0.2) is 0 Å². The van der Waals surface area contributed by atoms with E-state index in [9.17, 15) is 15.0 Å². The van der Waals surface area contributed by atoms with Crippen molar-refractivity contribution in [3.05, 3.63) is 12.2 Å². The zero-order chi connectivity index (χ0) is 20.3. The largest absolute Gasteiger partial charge is 0.396 e. The molecule has 0 bridgehead atoms. The van der Waals surface area contributed by atoms with Crippen molar-refractivity contribution < 1.29 is 25.2 Å². The zero-order valence-electron chi connectivity index (χ0n) is 17.1. The van der Waals surface area contributed by atoms with Crippen LogP contribution in [0.2, 0.25) is 0 Å². The summed E-state index contributed by atoms with van der Waals surface area (Å²) in [6, 6.07) is 0. The molecule has 0 aromatic rings. The molecule has 0 radical (unpaired) electrons. The monoisotopic (exact) mass is 362 g/mol. The molecule has 5 nitrogen and oxygen atoms in total. The van der Waals surface area contributed by atoms with Crippen molar-refractivity contribution in [3.8, 4) is 0 Å². The minimum atomic E-state index is -1.62. The third-order valence-electron chi connectivity index (χ3n) is 3.34. The summed E-state index contributed by atoms with van der Waals surface area (Å²) in [6.07, 6.45) is 4.69. The van der Waals surface area contributed by atoms with E-state index in [0.29, 0.717) is 12.3 Å².